The third-order valence-electron chi connectivity index (χ3n) is 7.07. The standard InChI is InChI=1S/C25H29N9O/c35-23-14-18(6-9-26-23)22-5-4-21(24-29-17-30-34(22)24)31-19-15-27-25(28-16-19)33-12-7-20(8-13-33)32-10-2-1-3-11-32/h4-6,9,14-17,20,31H,1-3,7-8,10-13H2,(H,26,35). The number of aromatic amines is 1. The van der Waals surface area contributed by atoms with E-state index in [0.717, 1.165) is 41.7 Å². The van der Waals surface area contributed by atoms with E-state index in [4.69, 9.17) is 0 Å². The predicted molar refractivity (Wildman–Crippen MR) is 135 cm³/mol. The second-order valence-electron chi connectivity index (χ2n) is 9.28. The second kappa shape index (κ2) is 9.46. The zero-order valence-corrected chi connectivity index (χ0v) is 19.6. The number of hydrogen-bond acceptors (Lipinski definition) is 8. The molecule has 0 bridgehead atoms. The molecule has 0 atom stereocenters. The number of nitrogens with zero attached hydrogens (tertiary/aromatic N) is 7. The molecule has 0 aliphatic carbocycles. The van der Waals surface area contributed by atoms with Crippen LogP contribution in [0.15, 0.2) is 54.0 Å². The van der Waals surface area contributed by atoms with Gasteiger partial charge < -0.3 is 20.1 Å². The molecule has 2 N–H and O–H groups in total. The first-order valence-electron chi connectivity index (χ1n) is 12.3. The van der Waals surface area contributed by atoms with Crippen molar-refractivity contribution in [2.45, 2.75) is 38.1 Å². The van der Waals surface area contributed by atoms with Gasteiger partial charge in [0.05, 0.1) is 29.5 Å². The van der Waals surface area contributed by atoms with E-state index in [9.17, 15) is 4.79 Å². The van der Waals surface area contributed by atoms with Crippen LogP contribution in [0.5, 0.6) is 0 Å². The van der Waals surface area contributed by atoms with Crippen LogP contribution in [0.25, 0.3) is 16.9 Å². The molecular weight excluding hydrogens is 442 g/mol. The molecule has 0 amide bonds. The minimum Gasteiger partial charge on any atom is -0.350 e. The maximum absolute atomic E-state index is 11.7. The molecule has 6 rings (SSSR count). The first-order chi connectivity index (χ1) is 17.2. The van der Waals surface area contributed by atoms with E-state index in [-0.39, 0.29) is 5.56 Å². The molecule has 2 saturated heterocycles. The van der Waals surface area contributed by atoms with E-state index in [1.54, 1.807) is 16.8 Å². The molecule has 6 heterocycles. The number of fused-ring (bicyclic) bond motifs is 1. The number of hydrogen-bond donors (Lipinski definition) is 2. The topological polar surface area (TPSA) is 107 Å². The molecule has 10 nitrogen and oxygen atoms in total. The van der Waals surface area contributed by atoms with Crippen molar-refractivity contribution in [3.8, 4) is 11.3 Å². The molecule has 4 aromatic heterocycles. The Labute approximate surface area is 203 Å². The molecule has 2 aliphatic heterocycles. The summed E-state index contributed by atoms with van der Waals surface area (Å²) in [6.07, 6.45) is 13.2. The van der Waals surface area contributed by atoms with Gasteiger partial charge in [-0.3, -0.25) is 4.79 Å². The smallest absolute Gasteiger partial charge is 0.248 e. The van der Waals surface area contributed by atoms with Crippen molar-refractivity contribution in [2.24, 2.45) is 0 Å². The van der Waals surface area contributed by atoms with Gasteiger partial charge in [-0.05, 0) is 57.0 Å². The van der Waals surface area contributed by atoms with E-state index < -0.39 is 0 Å². The fraction of sp³-hybridized carbons (Fsp3) is 0.400. The highest BCUT2D eigenvalue weighted by Crippen LogP contribution is 2.27. The van der Waals surface area contributed by atoms with Crippen LogP contribution in [0, 0.1) is 0 Å². The van der Waals surface area contributed by atoms with E-state index in [1.807, 2.05) is 30.6 Å². The summed E-state index contributed by atoms with van der Waals surface area (Å²) in [7, 11) is 0. The number of aromatic nitrogens is 6. The molecule has 0 saturated carbocycles. The summed E-state index contributed by atoms with van der Waals surface area (Å²) in [4.78, 5) is 33.0. The lowest BCUT2D eigenvalue weighted by atomic mass is 10.0. The molecular formula is C25H29N9O. The monoisotopic (exact) mass is 471 g/mol. The summed E-state index contributed by atoms with van der Waals surface area (Å²) in [5.74, 6) is 0.782. The van der Waals surface area contributed by atoms with Crippen LogP contribution in [-0.2, 0) is 0 Å². The Morgan fingerprint density at radius 3 is 2.51 bits per heavy atom. The summed E-state index contributed by atoms with van der Waals surface area (Å²) in [6.45, 7) is 4.51. The van der Waals surface area contributed by atoms with E-state index in [1.165, 1.54) is 51.5 Å². The van der Waals surface area contributed by atoms with Crippen molar-refractivity contribution < 1.29 is 0 Å². The van der Waals surface area contributed by atoms with Crippen LogP contribution >= 0.6 is 0 Å². The summed E-state index contributed by atoms with van der Waals surface area (Å²) in [5, 5.41) is 7.72. The molecule has 0 aromatic carbocycles. The van der Waals surface area contributed by atoms with Crippen molar-refractivity contribution in [1.82, 2.24) is 34.4 Å². The highest BCUT2D eigenvalue weighted by molar-refractivity contribution is 5.77. The number of pyridine rings is 2. The zero-order chi connectivity index (χ0) is 23.6. The highest BCUT2D eigenvalue weighted by atomic mass is 16.1. The average molecular weight is 472 g/mol. The van der Waals surface area contributed by atoms with Gasteiger partial charge in [-0.1, -0.05) is 6.42 Å². The van der Waals surface area contributed by atoms with Crippen molar-refractivity contribution in [3.63, 3.8) is 0 Å². The van der Waals surface area contributed by atoms with Gasteiger partial charge in [0.15, 0.2) is 5.65 Å². The van der Waals surface area contributed by atoms with Crippen LogP contribution < -0.4 is 15.8 Å². The van der Waals surface area contributed by atoms with Crippen molar-refractivity contribution in [1.29, 1.82) is 0 Å². The normalized spacial score (nSPS) is 17.7. The molecule has 0 spiro atoms. The van der Waals surface area contributed by atoms with Gasteiger partial charge in [-0.15, -0.1) is 0 Å². The molecule has 0 radical (unpaired) electrons. The third kappa shape index (κ3) is 4.49. The lowest BCUT2D eigenvalue weighted by Gasteiger charge is -2.40. The Bertz CT molecular complexity index is 1350. The summed E-state index contributed by atoms with van der Waals surface area (Å²) < 4.78 is 1.72. The van der Waals surface area contributed by atoms with Gasteiger partial charge in [0.2, 0.25) is 11.5 Å². The lowest BCUT2D eigenvalue weighted by Crippen LogP contribution is -2.47. The quantitative estimate of drug-likeness (QED) is 0.457. The number of likely N-dealkylation sites (tertiary alicyclic amines) is 1. The van der Waals surface area contributed by atoms with Gasteiger partial charge in [0.1, 0.15) is 6.33 Å². The Morgan fingerprint density at radius 2 is 1.74 bits per heavy atom. The van der Waals surface area contributed by atoms with Crippen LogP contribution in [0.4, 0.5) is 17.3 Å². The van der Waals surface area contributed by atoms with E-state index >= 15 is 0 Å². The largest absolute Gasteiger partial charge is 0.350 e. The summed E-state index contributed by atoms with van der Waals surface area (Å²) >= 11 is 0. The fourth-order valence-corrected chi connectivity index (χ4v) is 5.25. The van der Waals surface area contributed by atoms with Gasteiger partial charge in [-0.2, -0.15) is 5.10 Å². The molecule has 35 heavy (non-hydrogen) atoms. The van der Waals surface area contributed by atoms with Gasteiger partial charge >= 0.3 is 0 Å². The first-order valence-corrected chi connectivity index (χ1v) is 12.3. The number of rotatable bonds is 5. The molecule has 10 heteroatoms. The van der Waals surface area contributed by atoms with Gasteiger partial charge in [0.25, 0.3) is 0 Å². The van der Waals surface area contributed by atoms with Crippen molar-refractivity contribution in [3.05, 3.63) is 59.5 Å². The minimum atomic E-state index is -0.161. The molecule has 4 aromatic rings. The van der Waals surface area contributed by atoms with Crippen LogP contribution in [-0.4, -0.2) is 66.7 Å². The first kappa shape index (κ1) is 21.7. The maximum Gasteiger partial charge on any atom is 0.248 e. The van der Waals surface area contributed by atoms with Gasteiger partial charge in [0, 0.05) is 37.0 Å². The second-order valence-corrected chi connectivity index (χ2v) is 9.28. The van der Waals surface area contributed by atoms with Crippen LogP contribution in [0.1, 0.15) is 32.1 Å². The third-order valence-corrected chi connectivity index (χ3v) is 7.07. The Hall–Kier alpha value is -3.79. The van der Waals surface area contributed by atoms with Crippen molar-refractivity contribution in [2.75, 3.05) is 36.4 Å². The Morgan fingerprint density at radius 1 is 0.943 bits per heavy atom. The SMILES string of the molecule is O=c1cc(-c2ccc(Nc3cnc(N4CCC(N5CCCCC5)CC4)nc3)c3ncnn23)cc[nH]1. The number of nitrogens with one attached hydrogen (secondary N) is 2. The minimum absolute atomic E-state index is 0.161. The molecule has 0 unspecified atom stereocenters. The average Bonchev–Trinajstić information content (AvgIpc) is 3.41. The lowest BCUT2D eigenvalue weighted by molar-refractivity contribution is 0.141. The zero-order valence-electron chi connectivity index (χ0n) is 19.6. The maximum atomic E-state index is 11.7. The Balaban J connectivity index is 1.15. The molecule has 180 valence electrons. The van der Waals surface area contributed by atoms with Crippen molar-refractivity contribution >= 4 is 23.0 Å². The Kier molecular flexibility index (Phi) is 5.87. The number of piperidine rings is 2. The molecule has 2 fully saturated rings. The highest BCUT2D eigenvalue weighted by Gasteiger charge is 2.26. The number of H-pyrrole nitrogens is 1. The predicted octanol–water partition coefficient (Wildman–Crippen LogP) is 3.07. The van der Waals surface area contributed by atoms with E-state index in [0.29, 0.717) is 11.7 Å². The van der Waals surface area contributed by atoms with Crippen LogP contribution in [0.3, 0.4) is 0 Å². The number of anilines is 3. The molecule has 2 aliphatic rings. The van der Waals surface area contributed by atoms with Gasteiger partial charge in [-0.25, -0.2) is 19.5 Å². The summed E-state index contributed by atoms with van der Waals surface area (Å²) in [6, 6.07) is 7.94. The van der Waals surface area contributed by atoms with Crippen LogP contribution in [0.2, 0.25) is 0 Å². The fourth-order valence-electron chi connectivity index (χ4n) is 5.25. The summed E-state index contributed by atoms with van der Waals surface area (Å²) in [5.41, 5.74) is 3.62. The van der Waals surface area contributed by atoms with E-state index in [2.05, 4.69) is 40.2 Å².